The summed E-state index contributed by atoms with van der Waals surface area (Å²) in [5.74, 6) is 1.83. The molecule has 19 heavy (non-hydrogen) atoms. The fourth-order valence-electron chi connectivity index (χ4n) is 1.87. The van der Waals surface area contributed by atoms with Gasteiger partial charge in [-0.25, -0.2) is 4.98 Å². The van der Waals surface area contributed by atoms with Crippen molar-refractivity contribution in [3.05, 3.63) is 42.2 Å². The maximum Gasteiger partial charge on any atom is 0.203 e. The van der Waals surface area contributed by atoms with Crippen molar-refractivity contribution in [3.63, 3.8) is 0 Å². The van der Waals surface area contributed by atoms with E-state index in [-0.39, 0.29) is 0 Å². The number of nitrogens with one attached hydrogen (secondary N) is 1. The van der Waals surface area contributed by atoms with E-state index in [1.54, 1.807) is 0 Å². The summed E-state index contributed by atoms with van der Waals surface area (Å²) in [5.41, 5.74) is 1.03. The van der Waals surface area contributed by atoms with Gasteiger partial charge in [0, 0.05) is 12.7 Å². The summed E-state index contributed by atoms with van der Waals surface area (Å²) in [6.07, 6.45) is 3.14. The van der Waals surface area contributed by atoms with E-state index in [4.69, 9.17) is 4.74 Å². The summed E-state index contributed by atoms with van der Waals surface area (Å²) >= 11 is 0. The topological polar surface area (TPSA) is 39.1 Å². The molecule has 0 radical (unpaired) electrons. The minimum Gasteiger partial charge on any atom is -0.492 e. The molecule has 1 heterocycles. The van der Waals surface area contributed by atoms with Crippen molar-refractivity contribution in [2.75, 3.05) is 18.5 Å². The van der Waals surface area contributed by atoms with Gasteiger partial charge in [-0.05, 0) is 25.5 Å². The molecule has 1 aromatic carbocycles. The number of aryl methyl sites for hydroxylation is 1. The molecule has 1 N–H and O–H groups in total. The lowest BCUT2D eigenvalue weighted by molar-refractivity contribution is 0.299. The van der Waals surface area contributed by atoms with Crippen LogP contribution in [0.4, 0.5) is 5.95 Å². The number of nitrogens with zero attached hydrogens (tertiary/aromatic N) is 2. The molecule has 0 unspecified atom stereocenters. The molecular formula is C15H21N3O. The first-order valence-corrected chi connectivity index (χ1v) is 6.75. The Balaban J connectivity index is 1.88. The van der Waals surface area contributed by atoms with Crippen molar-refractivity contribution >= 4 is 5.95 Å². The van der Waals surface area contributed by atoms with Crippen LogP contribution in [0.1, 0.15) is 19.0 Å². The van der Waals surface area contributed by atoms with E-state index in [1.807, 2.05) is 43.5 Å². The number of anilines is 1. The molecule has 2 aromatic rings. The molecule has 0 aliphatic rings. The van der Waals surface area contributed by atoms with E-state index in [1.165, 1.54) is 0 Å². The zero-order chi connectivity index (χ0) is 13.5. The van der Waals surface area contributed by atoms with Crippen molar-refractivity contribution in [1.29, 1.82) is 0 Å². The van der Waals surface area contributed by atoms with Gasteiger partial charge >= 0.3 is 0 Å². The van der Waals surface area contributed by atoms with Crippen molar-refractivity contribution in [3.8, 4) is 5.75 Å². The summed E-state index contributed by atoms with van der Waals surface area (Å²) in [6.45, 7) is 6.52. The monoisotopic (exact) mass is 259 g/mol. The van der Waals surface area contributed by atoms with E-state index in [9.17, 15) is 0 Å². The van der Waals surface area contributed by atoms with Gasteiger partial charge in [0.05, 0.1) is 12.2 Å². The average molecular weight is 259 g/mol. The van der Waals surface area contributed by atoms with Gasteiger partial charge in [0.15, 0.2) is 0 Å². The zero-order valence-electron chi connectivity index (χ0n) is 11.6. The number of aromatic nitrogens is 2. The molecule has 2 rings (SSSR count). The van der Waals surface area contributed by atoms with Gasteiger partial charge in [-0.15, -0.1) is 0 Å². The van der Waals surface area contributed by atoms with Crippen LogP contribution in [0.5, 0.6) is 5.75 Å². The van der Waals surface area contributed by atoms with Crippen molar-refractivity contribution in [2.24, 2.45) is 0 Å². The van der Waals surface area contributed by atoms with Crippen LogP contribution in [-0.2, 0) is 6.54 Å². The Morgan fingerprint density at radius 2 is 2.05 bits per heavy atom. The van der Waals surface area contributed by atoms with Crippen molar-refractivity contribution in [1.82, 2.24) is 9.55 Å². The Morgan fingerprint density at radius 3 is 2.79 bits per heavy atom. The molecule has 0 atom stereocenters. The molecule has 1 aromatic heterocycles. The smallest absolute Gasteiger partial charge is 0.203 e. The highest BCUT2D eigenvalue weighted by Crippen LogP contribution is 2.11. The molecule has 102 valence electrons. The molecule has 0 fully saturated rings. The van der Waals surface area contributed by atoms with E-state index < -0.39 is 0 Å². The fourth-order valence-corrected chi connectivity index (χ4v) is 1.87. The summed E-state index contributed by atoms with van der Waals surface area (Å²) in [6, 6.07) is 9.87. The van der Waals surface area contributed by atoms with Gasteiger partial charge in [-0.1, -0.05) is 25.1 Å². The highest BCUT2D eigenvalue weighted by molar-refractivity contribution is 5.28. The number of hydrogen-bond donors (Lipinski definition) is 1. The fraction of sp³-hybridized carbons (Fsp3) is 0.400. The molecule has 0 saturated heterocycles. The largest absolute Gasteiger partial charge is 0.492 e. The molecule has 0 spiro atoms. The van der Waals surface area contributed by atoms with Gasteiger partial charge in [-0.3, -0.25) is 0 Å². The van der Waals surface area contributed by atoms with E-state index in [0.717, 1.165) is 36.9 Å². The Labute approximate surface area is 114 Å². The average Bonchev–Trinajstić information content (AvgIpc) is 2.78. The zero-order valence-corrected chi connectivity index (χ0v) is 11.6. The molecule has 0 aliphatic heterocycles. The molecule has 0 amide bonds. The lowest BCUT2D eigenvalue weighted by Gasteiger charge is -2.10. The Morgan fingerprint density at radius 1 is 1.26 bits per heavy atom. The minimum absolute atomic E-state index is 0.640. The van der Waals surface area contributed by atoms with E-state index in [0.29, 0.717) is 6.61 Å². The maximum atomic E-state index is 5.70. The van der Waals surface area contributed by atoms with Crippen LogP contribution in [-0.4, -0.2) is 22.7 Å². The second-order valence-electron chi connectivity index (χ2n) is 4.49. The van der Waals surface area contributed by atoms with Gasteiger partial charge < -0.3 is 14.6 Å². The number of benzene rings is 1. The number of hydrogen-bond acceptors (Lipinski definition) is 3. The van der Waals surface area contributed by atoms with Crippen LogP contribution in [0.3, 0.4) is 0 Å². The minimum atomic E-state index is 0.640. The third kappa shape index (κ3) is 4.02. The molecular weight excluding hydrogens is 238 g/mol. The first-order valence-electron chi connectivity index (χ1n) is 6.75. The lowest BCUT2D eigenvalue weighted by Crippen LogP contribution is -2.12. The van der Waals surface area contributed by atoms with E-state index in [2.05, 4.69) is 21.8 Å². The lowest BCUT2D eigenvalue weighted by atomic mass is 10.3. The number of ether oxygens (including phenoxy) is 1. The molecule has 4 heteroatoms. The molecule has 0 saturated carbocycles. The SMILES string of the molecule is CCCNc1nc(C)cn1CCOc1ccccc1. The summed E-state index contributed by atoms with van der Waals surface area (Å²) in [5, 5.41) is 3.33. The summed E-state index contributed by atoms with van der Waals surface area (Å²) < 4.78 is 7.81. The second kappa shape index (κ2) is 6.83. The first kappa shape index (κ1) is 13.5. The Hall–Kier alpha value is -1.97. The van der Waals surface area contributed by atoms with Gasteiger partial charge in [0.2, 0.25) is 5.95 Å². The third-order valence-electron chi connectivity index (χ3n) is 2.77. The van der Waals surface area contributed by atoms with E-state index >= 15 is 0 Å². The maximum absolute atomic E-state index is 5.70. The second-order valence-corrected chi connectivity index (χ2v) is 4.49. The Kier molecular flexibility index (Phi) is 4.84. The predicted molar refractivity (Wildman–Crippen MR) is 77.7 cm³/mol. The standard InChI is InChI=1S/C15H21N3O/c1-3-9-16-15-17-13(2)12-18(15)10-11-19-14-7-5-4-6-8-14/h4-8,12H,3,9-11H2,1-2H3,(H,16,17). The normalized spacial score (nSPS) is 10.4. The van der Waals surface area contributed by atoms with Crippen molar-refractivity contribution in [2.45, 2.75) is 26.8 Å². The van der Waals surface area contributed by atoms with Crippen LogP contribution >= 0.6 is 0 Å². The van der Waals surface area contributed by atoms with Crippen LogP contribution < -0.4 is 10.1 Å². The summed E-state index contributed by atoms with van der Waals surface area (Å²) in [4.78, 5) is 4.47. The van der Waals surface area contributed by atoms with Crippen molar-refractivity contribution < 1.29 is 4.74 Å². The number of para-hydroxylation sites is 1. The molecule has 0 aliphatic carbocycles. The highest BCUT2D eigenvalue weighted by Gasteiger charge is 2.04. The quantitative estimate of drug-likeness (QED) is 0.830. The van der Waals surface area contributed by atoms with Gasteiger partial charge in [0.25, 0.3) is 0 Å². The molecule has 4 nitrogen and oxygen atoms in total. The molecule has 0 bridgehead atoms. The number of rotatable bonds is 7. The van der Waals surface area contributed by atoms with Gasteiger partial charge in [-0.2, -0.15) is 0 Å². The number of imidazole rings is 1. The summed E-state index contributed by atoms with van der Waals surface area (Å²) in [7, 11) is 0. The third-order valence-corrected chi connectivity index (χ3v) is 2.77. The van der Waals surface area contributed by atoms with Crippen LogP contribution in [0.2, 0.25) is 0 Å². The van der Waals surface area contributed by atoms with Crippen LogP contribution in [0.25, 0.3) is 0 Å². The highest BCUT2D eigenvalue weighted by atomic mass is 16.5. The first-order chi connectivity index (χ1) is 9.29. The van der Waals surface area contributed by atoms with Crippen LogP contribution in [0, 0.1) is 6.92 Å². The Bertz CT molecular complexity index is 493. The van der Waals surface area contributed by atoms with Crippen LogP contribution in [0.15, 0.2) is 36.5 Å². The van der Waals surface area contributed by atoms with Gasteiger partial charge in [0.1, 0.15) is 12.4 Å². The predicted octanol–water partition coefficient (Wildman–Crippen LogP) is 3.09.